The number of hydrogen-bond donors (Lipinski definition) is 0. The molecule has 0 aromatic heterocycles. The van der Waals surface area contributed by atoms with E-state index in [1.165, 1.54) is 9.21 Å². The van der Waals surface area contributed by atoms with Crippen molar-refractivity contribution < 1.29 is 31.1 Å². The summed E-state index contributed by atoms with van der Waals surface area (Å²) in [6, 6.07) is 8.93. The number of hydrogen-bond acceptors (Lipinski definition) is 4. The monoisotopic (exact) mass is 456 g/mol. The molecule has 0 radical (unpaired) electrons. The molecule has 10 heteroatoms. The van der Waals surface area contributed by atoms with Crippen molar-refractivity contribution in [3.63, 3.8) is 0 Å². The Bertz CT molecular complexity index is 1050. The summed E-state index contributed by atoms with van der Waals surface area (Å²) in [6.45, 7) is 4.22. The zero-order valence-electron chi connectivity index (χ0n) is 17.1. The van der Waals surface area contributed by atoms with Crippen LogP contribution in [0.4, 0.5) is 13.2 Å². The van der Waals surface area contributed by atoms with E-state index in [0.29, 0.717) is 5.75 Å². The normalized spacial score (nSPS) is 15.7. The second-order valence-corrected chi connectivity index (χ2v) is 9.28. The molecule has 1 amide bonds. The van der Waals surface area contributed by atoms with Gasteiger partial charge in [-0.15, -0.1) is 0 Å². The van der Waals surface area contributed by atoms with Gasteiger partial charge in [-0.05, 0) is 61.4 Å². The lowest BCUT2D eigenvalue weighted by Crippen LogP contribution is -2.51. The van der Waals surface area contributed by atoms with Crippen molar-refractivity contribution in [1.29, 1.82) is 0 Å². The number of benzene rings is 2. The molecule has 1 saturated heterocycles. The quantitative estimate of drug-likeness (QED) is 0.693. The van der Waals surface area contributed by atoms with Gasteiger partial charge in [0.2, 0.25) is 10.0 Å². The molecule has 168 valence electrons. The van der Waals surface area contributed by atoms with E-state index in [-0.39, 0.29) is 43.6 Å². The number of ether oxygens (including phenoxy) is 1. The largest absolute Gasteiger partial charge is 0.484 e. The maximum absolute atomic E-state index is 12.7. The highest BCUT2D eigenvalue weighted by molar-refractivity contribution is 7.89. The number of amides is 1. The molecule has 2 aromatic carbocycles. The summed E-state index contributed by atoms with van der Waals surface area (Å²) < 4.78 is 70.2. The Morgan fingerprint density at radius 2 is 1.58 bits per heavy atom. The minimum atomic E-state index is -4.53. The summed E-state index contributed by atoms with van der Waals surface area (Å²) in [5.41, 5.74) is 1.25. The molecule has 0 spiro atoms. The number of halogens is 3. The number of rotatable bonds is 5. The molecule has 0 aliphatic carbocycles. The lowest BCUT2D eigenvalue weighted by atomic mass is 10.1. The Morgan fingerprint density at radius 3 is 2.13 bits per heavy atom. The van der Waals surface area contributed by atoms with Crippen molar-refractivity contribution in [1.82, 2.24) is 9.21 Å². The molecular formula is C21H23F3N2O4S. The van der Waals surface area contributed by atoms with Crippen LogP contribution < -0.4 is 4.74 Å². The van der Waals surface area contributed by atoms with Crippen LogP contribution in [0.1, 0.15) is 16.7 Å². The van der Waals surface area contributed by atoms with Crippen LogP contribution in [0.15, 0.2) is 47.4 Å². The summed E-state index contributed by atoms with van der Waals surface area (Å²) in [4.78, 5) is 13.7. The molecule has 0 atom stereocenters. The SMILES string of the molecule is Cc1ccc(OCC(=O)N2CCN(S(=O)(=O)c3ccc(C(F)(F)F)cc3)CC2)cc1C. The van der Waals surface area contributed by atoms with Crippen molar-refractivity contribution in [2.45, 2.75) is 24.9 Å². The highest BCUT2D eigenvalue weighted by Gasteiger charge is 2.33. The van der Waals surface area contributed by atoms with E-state index in [9.17, 15) is 26.4 Å². The number of nitrogens with zero attached hydrogens (tertiary/aromatic N) is 2. The molecule has 31 heavy (non-hydrogen) atoms. The van der Waals surface area contributed by atoms with Crippen LogP contribution in [-0.2, 0) is 21.0 Å². The first kappa shape index (κ1) is 23.1. The van der Waals surface area contributed by atoms with Crippen molar-refractivity contribution in [3.8, 4) is 5.75 Å². The predicted molar refractivity (Wildman–Crippen MR) is 108 cm³/mol. The summed E-state index contributed by atoms with van der Waals surface area (Å²) in [6.07, 6.45) is -4.53. The zero-order valence-corrected chi connectivity index (χ0v) is 18.0. The van der Waals surface area contributed by atoms with Gasteiger partial charge in [0.05, 0.1) is 10.5 Å². The molecule has 1 aliphatic rings. The average Bonchev–Trinajstić information content (AvgIpc) is 2.74. The van der Waals surface area contributed by atoms with E-state index in [2.05, 4.69) is 0 Å². The third-order valence-electron chi connectivity index (χ3n) is 5.25. The first-order valence-electron chi connectivity index (χ1n) is 9.64. The van der Waals surface area contributed by atoms with Gasteiger partial charge < -0.3 is 9.64 Å². The van der Waals surface area contributed by atoms with Gasteiger partial charge in [-0.25, -0.2) is 8.42 Å². The van der Waals surface area contributed by atoms with Crippen LogP contribution in [0.25, 0.3) is 0 Å². The maximum Gasteiger partial charge on any atom is 0.416 e. The Balaban J connectivity index is 1.56. The van der Waals surface area contributed by atoms with Crippen molar-refractivity contribution in [3.05, 3.63) is 59.2 Å². The highest BCUT2D eigenvalue weighted by atomic mass is 32.2. The number of aryl methyl sites for hydroxylation is 2. The van der Waals surface area contributed by atoms with E-state index >= 15 is 0 Å². The van der Waals surface area contributed by atoms with E-state index < -0.39 is 21.8 Å². The van der Waals surface area contributed by atoms with Crippen LogP contribution in [0, 0.1) is 13.8 Å². The molecule has 0 N–H and O–H groups in total. The van der Waals surface area contributed by atoms with Crippen LogP contribution in [0.5, 0.6) is 5.75 Å². The lowest BCUT2D eigenvalue weighted by molar-refractivity contribution is -0.137. The number of carbonyl (C=O) groups is 1. The Hall–Kier alpha value is -2.59. The van der Waals surface area contributed by atoms with Crippen LogP contribution in [-0.4, -0.2) is 56.3 Å². The standard InChI is InChI=1S/C21H23F3N2O4S/c1-15-3-6-18(13-16(15)2)30-14-20(27)25-9-11-26(12-10-25)31(28,29)19-7-4-17(5-8-19)21(22,23)24/h3-8,13H,9-12,14H2,1-2H3. The van der Waals surface area contributed by atoms with Gasteiger partial charge >= 0.3 is 6.18 Å². The minimum absolute atomic E-state index is 0.0543. The van der Waals surface area contributed by atoms with Crippen molar-refractivity contribution >= 4 is 15.9 Å². The molecular weight excluding hydrogens is 433 g/mol. The summed E-state index contributed by atoms with van der Waals surface area (Å²) in [5.74, 6) is 0.324. The Labute approximate surface area is 179 Å². The lowest BCUT2D eigenvalue weighted by Gasteiger charge is -2.34. The fourth-order valence-electron chi connectivity index (χ4n) is 3.18. The van der Waals surface area contributed by atoms with Gasteiger partial charge in [-0.2, -0.15) is 17.5 Å². The number of alkyl halides is 3. The summed E-state index contributed by atoms with van der Waals surface area (Å²) in [7, 11) is -3.94. The smallest absolute Gasteiger partial charge is 0.416 e. The predicted octanol–water partition coefficient (Wildman–Crippen LogP) is 3.23. The molecule has 2 aromatic rings. The first-order valence-corrected chi connectivity index (χ1v) is 11.1. The molecule has 3 rings (SSSR count). The second-order valence-electron chi connectivity index (χ2n) is 7.34. The van der Waals surface area contributed by atoms with Crippen molar-refractivity contribution in [2.75, 3.05) is 32.8 Å². The highest BCUT2D eigenvalue weighted by Crippen LogP contribution is 2.30. The topological polar surface area (TPSA) is 66.9 Å². The van der Waals surface area contributed by atoms with Gasteiger partial charge in [-0.1, -0.05) is 6.07 Å². The molecule has 0 unspecified atom stereocenters. The van der Waals surface area contributed by atoms with E-state index in [1.54, 1.807) is 6.07 Å². The molecule has 1 fully saturated rings. The molecule has 1 heterocycles. The van der Waals surface area contributed by atoms with E-state index in [4.69, 9.17) is 4.74 Å². The first-order chi connectivity index (χ1) is 14.5. The summed E-state index contributed by atoms with van der Waals surface area (Å²) >= 11 is 0. The van der Waals surface area contributed by atoms with Crippen molar-refractivity contribution in [2.24, 2.45) is 0 Å². The molecule has 1 aliphatic heterocycles. The van der Waals surface area contributed by atoms with Crippen LogP contribution >= 0.6 is 0 Å². The van der Waals surface area contributed by atoms with Crippen LogP contribution in [0.3, 0.4) is 0 Å². The van der Waals surface area contributed by atoms with E-state index in [1.807, 2.05) is 26.0 Å². The minimum Gasteiger partial charge on any atom is -0.484 e. The fraction of sp³-hybridized carbons (Fsp3) is 0.381. The number of carbonyl (C=O) groups excluding carboxylic acids is 1. The van der Waals surface area contributed by atoms with Gasteiger partial charge in [0.1, 0.15) is 5.75 Å². The maximum atomic E-state index is 12.7. The number of sulfonamides is 1. The Morgan fingerprint density at radius 1 is 0.968 bits per heavy atom. The van der Waals surface area contributed by atoms with Gasteiger partial charge in [0.15, 0.2) is 6.61 Å². The molecule has 0 saturated carbocycles. The zero-order chi connectivity index (χ0) is 22.8. The molecule has 0 bridgehead atoms. The number of piperazine rings is 1. The van der Waals surface area contributed by atoms with Gasteiger partial charge in [-0.3, -0.25) is 4.79 Å². The second kappa shape index (κ2) is 8.88. The third-order valence-corrected chi connectivity index (χ3v) is 7.16. The van der Waals surface area contributed by atoms with Gasteiger partial charge in [0, 0.05) is 26.2 Å². The van der Waals surface area contributed by atoms with E-state index in [0.717, 1.165) is 35.4 Å². The average molecular weight is 456 g/mol. The Kier molecular flexibility index (Phi) is 6.61. The van der Waals surface area contributed by atoms with Crippen LogP contribution in [0.2, 0.25) is 0 Å². The molecule has 6 nitrogen and oxygen atoms in total. The fourth-order valence-corrected chi connectivity index (χ4v) is 4.61. The summed E-state index contributed by atoms with van der Waals surface area (Å²) in [5, 5.41) is 0. The van der Waals surface area contributed by atoms with Gasteiger partial charge in [0.25, 0.3) is 5.91 Å². The third kappa shape index (κ3) is 5.37.